The Balaban J connectivity index is 1.47. The fraction of sp³-hybridized carbons (Fsp3) is 0.444. The number of nitrogens with one attached hydrogen (secondary N) is 2. The standard InChI is InChI=1S/C18H21ClN4O/c19-14-4-2-1-3-13(14)15-11-16(22-21-15)17(24)23-9-6-18(7-10-23)5-8-20-12-18/h1-4,11,20H,5-10,12H2,(H,21,22). The van der Waals surface area contributed by atoms with Crippen molar-refractivity contribution in [2.24, 2.45) is 5.41 Å². The molecule has 126 valence electrons. The largest absolute Gasteiger partial charge is 0.337 e. The van der Waals surface area contributed by atoms with Crippen molar-refractivity contribution in [2.45, 2.75) is 19.3 Å². The minimum atomic E-state index is 0.0293. The number of piperidine rings is 1. The van der Waals surface area contributed by atoms with Crippen molar-refractivity contribution in [3.63, 3.8) is 0 Å². The first-order valence-corrected chi connectivity index (χ1v) is 8.85. The van der Waals surface area contributed by atoms with Gasteiger partial charge in [-0.3, -0.25) is 9.89 Å². The summed E-state index contributed by atoms with van der Waals surface area (Å²) >= 11 is 6.21. The number of hydrogen-bond acceptors (Lipinski definition) is 3. The molecule has 4 rings (SSSR count). The van der Waals surface area contributed by atoms with Crippen molar-refractivity contribution in [3.8, 4) is 11.3 Å². The molecular weight excluding hydrogens is 324 g/mol. The Hall–Kier alpha value is -1.85. The molecule has 1 amide bonds. The molecule has 2 fully saturated rings. The second-order valence-electron chi connectivity index (χ2n) is 6.87. The molecule has 1 spiro atoms. The van der Waals surface area contributed by atoms with Gasteiger partial charge in [-0.2, -0.15) is 5.10 Å². The molecule has 0 atom stereocenters. The number of carbonyl (C=O) groups excluding carboxylic acids is 1. The molecule has 0 unspecified atom stereocenters. The van der Waals surface area contributed by atoms with Crippen LogP contribution in [0.1, 0.15) is 29.8 Å². The topological polar surface area (TPSA) is 61.0 Å². The van der Waals surface area contributed by atoms with Crippen LogP contribution < -0.4 is 5.32 Å². The molecule has 0 bridgehead atoms. The quantitative estimate of drug-likeness (QED) is 0.880. The van der Waals surface area contributed by atoms with E-state index in [0.717, 1.165) is 44.6 Å². The van der Waals surface area contributed by atoms with Gasteiger partial charge >= 0.3 is 0 Å². The molecule has 2 aliphatic heterocycles. The number of rotatable bonds is 2. The van der Waals surface area contributed by atoms with Gasteiger partial charge in [0.1, 0.15) is 5.69 Å². The highest BCUT2D eigenvalue weighted by Gasteiger charge is 2.38. The smallest absolute Gasteiger partial charge is 0.271 e. The van der Waals surface area contributed by atoms with Gasteiger partial charge in [0.05, 0.1) is 10.7 Å². The van der Waals surface area contributed by atoms with E-state index in [2.05, 4.69) is 15.5 Å². The zero-order chi connectivity index (χ0) is 16.6. The number of nitrogens with zero attached hydrogens (tertiary/aromatic N) is 2. The van der Waals surface area contributed by atoms with Gasteiger partial charge in [0, 0.05) is 25.2 Å². The summed E-state index contributed by atoms with van der Waals surface area (Å²) in [4.78, 5) is 14.7. The summed E-state index contributed by atoms with van der Waals surface area (Å²) in [5, 5.41) is 11.2. The Morgan fingerprint density at radius 2 is 2.00 bits per heavy atom. The van der Waals surface area contributed by atoms with Gasteiger partial charge in [0.25, 0.3) is 5.91 Å². The zero-order valence-electron chi connectivity index (χ0n) is 13.5. The van der Waals surface area contributed by atoms with Crippen molar-refractivity contribution < 1.29 is 4.79 Å². The van der Waals surface area contributed by atoms with E-state index in [4.69, 9.17) is 11.6 Å². The van der Waals surface area contributed by atoms with Crippen LogP contribution in [0.2, 0.25) is 5.02 Å². The van der Waals surface area contributed by atoms with Crippen molar-refractivity contribution >= 4 is 17.5 Å². The second kappa shape index (κ2) is 6.22. The van der Waals surface area contributed by atoms with Gasteiger partial charge in [-0.15, -0.1) is 0 Å². The van der Waals surface area contributed by atoms with Crippen LogP contribution in [0.3, 0.4) is 0 Å². The average molecular weight is 345 g/mol. The molecule has 1 aromatic heterocycles. The third-order valence-corrected chi connectivity index (χ3v) is 5.73. The van der Waals surface area contributed by atoms with Gasteiger partial charge in [0.2, 0.25) is 0 Å². The van der Waals surface area contributed by atoms with E-state index < -0.39 is 0 Å². The minimum Gasteiger partial charge on any atom is -0.337 e. The maximum absolute atomic E-state index is 12.7. The average Bonchev–Trinajstić information content (AvgIpc) is 3.26. The van der Waals surface area contributed by atoms with E-state index >= 15 is 0 Å². The van der Waals surface area contributed by atoms with E-state index in [1.807, 2.05) is 29.2 Å². The van der Waals surface area contributed by atoms with E-state index in [1.54, 1.807) is 6.07 Å². The molecule has 2 aliphatic rings. The fourth-order valence-corrected chi connectivity index (χ4v) is 4.05. The van der Waals surface area contributed by atoms with E-state index in [9.17, 15) is 4.79 Å². The molecular formula is C18H21ClN4O. The highest BCUT2D eigenvalue weighted by molar-refractivity contribution is 6.33. The van der Waals surface area contributed by atoms with Crippen LogP contribution in [0.4, 0.5) is 0 Å². The molecule has 2 aromatic rings. The number of amides is 1. The molecule has 0 aliphatic carbocycles. The van der Waals surface area contributed by atoms with Gasteiger partial charge < -0.3 is 10.2 Å². The molecule has 24 heavy (non-hydrogen) atoms. The van der Waals surface area contributed by atoms with Crippen molar-refractivity contribution in [3.05, 3.63) is 41.0 Å². The van der Waals surface area contributed by atoms with E-state index in [1.165, 1.54) is 6.42 Å². The van der Waals surface area contributed by atoms with Gasteiger partial charge in [-0.1, -0.05) is 29.8 Å². The Kier molecular flexibility index (Phi) is 4.06. The van der Waals surface area contributed by atoms with Crippen LogP contribution in [0.25, 0.3) is 11.3 Å². The number of aromatic amines is 1. The van der Waals surface area contributed by atoms with Crippen LogP contribution in [0.15, 0.2) is 30.3 Å². The summed E-state index contributed by atoms with van der Waals surface area (Å²) in [5.74, 6) is 0.0293. The number of likely N-dealkylation sites (tertiary alicyclic amines) is 1. The zero-order valence-corrected chi connectivity index (χ0v) is 14.3. The minimum absolute atomic E-state index is 0.0293. The molecule has 3 heterocycles. The lowest BCUT2D eigenvalue weighted by atomic mass is 9.78. The third-order valence-electron chi connectivity index (χ3n) is 5.40. The van der Waals surface area contributed by atoms with Gasteiger partial charge in [0.15, 0.2) is 0 Å². The first-order valence-electron chi connectivity index (χ1n) is 8.47. The molecule has 0 saturated carbocycles. The Bertz CT molecular complexity index is 741. The highest BCUT2D eigenvalue weighted by atomic mass is 35.5. The first kappa shape index (κ1) is 15.7. The van der Waals surface area contributed by atoms with Crippen molar-refractivity contribution in [1.29, 1.82) is 0 Å². The molecule has 6 heteroatoms. The van der Waals surface area contributed by atoms with Crippen LogP contribution in [-0.2, 0) is 0 Å². The highest BCUT2D eigenvalue weighted by Crippen LogP contribution is 2.37. The SMILES string of the molecule is O=C(c1cc(-c2ccccc2Cl)n[nH]1)N1CCC2(CCNC2)CC1. The van der Waals surface area contributed by atoms with Crippen molar-refractivity contribution in [1.82, 2.24) is 20.4 Å². The van der Waals surface area contributed by atoms with E-state index in [-0.39, 0.29) is 5.91 Å². The number of aromatic nitrogens is 2. The summed E-state index contributed by atoms with van der Waals surface area (Å²) in [6.45, 7) is 3.84. The van der Waals surface area contributed by atoms with Crippen LogP contribution in [0, 0.1) is 5.41 Å². The Morgan fingerprint density at radius 3 is 2.71 bits per heavy atom. The van der Waals surface area contributed by atoms with Crippen LogP contribution in [-0.4, -0.2) is 47.2 Å². The number of H-pyrrole nitrogens is 1. The lowest BCUT2D eigenvalue weighted by molar-refractivity contribution is 0.0602. The summed E-state index contributed by atoms with van der Waals surface area (Å²) in [6, 6.07) is 9.32. The monoisotopic (exact) mass is 344 g/mol. The number of hydrogen-bond donors (Lipinski definition) is 2. The Labute approximate surface area is 146 Å². The predicted octanol–water partition coefficient (Wildman–Crippen LogP) is 2.95. The first-order chi connectivity index (χ1) is 11.7. The number of benzene rings is 1. The lowest BCUT2D eigenvalue weighted by Gasteiger charge is -2.38. The second-order valence-corrected chi connectivity index (χ2v) is 7.27. The maximum Gasteiger partial charge on any atom is 0.271 e. The predicted molar refractivity (Wildman–Crippen MR) is 94.1 cm³/mol. The molecule has 0 radical (unpaired) electrons. The Morgan fingerprint density at radius 1 is 1.21 bits per heavy atom. The molecule has 1 aromatic carbocycles. The van der Waals surface area contributed by atoms with Gasteiger partial charge in [-0.25, -0.2) is 0 Å². The van der Waals surface area contributed by atoms with Crippen LogP contribution >= 0.6 is 11.6 Å². The summed E-state index contributed by atoms with van der Waals surface area (Å²) < 4.78 is 0. The molecule has 5 nitrogen and oxygen atoms in total. The van der Waals surface area contributed by atoms with E-state index in [0.29, 0.717) is 21.8 Å². The fourth-order valence-electron chi connectivity index (χ4n) is 3.81. The number of carbonyl (C=O) groups is 1. The third kappa shape index (κ3) is 2.82. The van der Waals surface area contributed by atoms with Gasteiger partial charge in [-0.05, 0) is 43.4 Å². The van der Waals surface area contributed by atoms with Crippen LogP contribution in [0.5, 0.6) is 0 Å². The number of halogens is 1. The maximum atomic E-state index is 12.7. The summed E-state index contributed by atoms with van der Waals surface area (Å²) in [5.41, 5.74) is 2.49. The summed E-state index contributed by atoms with van der Waals surface area (Å²) in [6.07, 6.45) is 3.39. The molecule has 2 N–H and O–H groups in total. The normalized spacial score (nSPS) is 19.8. The summed E-state index contributed by atoms with van der Waals surface area (Å²) in [7, 11) is 0. The van der Waals surface area contributed by atoms with Crippen molar-refractivity contribution in [2.75, 3.05) is 26.2 Å². The lowest BCUT2D eigenvalue weighted by Crippen LogP contribution is -2.44. The molecule has 2 saturated heterocycles.